The molecule has 0 saturated carbocycles. The van der Waals surface area contributed by atoms with Gasteiger partial charge in [0, 0.05) is 6.07 Å². The SMILES string of the molecule is COC(=O)c1ccccc1S(=O)(=O)NC(=S)Oc1cc(Cl)c(Cl)cc1Cl. The summed E-state index contributed by atoms with van der Waals surface area (Å²) in [6, 6.07) is 8.08. The number of methoxy groups -OCH3 is 1. The molecular weight excluding hydrogens is 445 g/mol. The molecule has 11 heteroatoms. The number of carbonyl (C=O) groups is 1. The van der Waals surface area contributed by atoms with Crippen LogP contribution in [0.3, 0.4) is 0 Å². The average molecular weight is 455 g/mol. The number of carbonyl (C=O) groups excluding carboxylic acids is 1. The van der Waals surface area contributed by atoms with Gasteiger partial charge in [-0.25, -0.2) is 17.9 Å². The van der Waals surface area contributed by atoms with Gasteiger partial charge in [-0.15, -0.1) is 0 Å². The van der Waals surface area contributed by atoms with Gasteiger partial charge >= 0.3 is 5.97 Å². The first-order chi connectivity index (χ1) is 12.2. The molecular formula is C15H10Cl3NO5S2. The van der Waals surface area contributed by atoms with E-state index in [1.165, 1.54) is 36.4 Å². The molecule has 0 unspecified atom stereocenters. The highest BCUT2D eigenvalue weighted by atomic mass is 35.5. The summed E-state index contributed by atoms with van der Waals surface area (Å²) < 4.78 is 36.9. The van der Waals surface area contributed by atoms with Crippen LogP contribution in [0.25, 0.3) is 0 Å². The van der Waals surface area contributed by atoms with Gasteiger partial charge in [-0.05, 0) is 30.4 Å². The van der Waals surface area contributed by atoms with Gasteiger partial charge in [-0.1, -0.05) is 46.9 Å². The third-order valence-corrected chi connectivity index (χ3v) is 5.70. The molecule has 0 fully saturated rings. The molecule has 2 aromatic carbocycles. The first-order valence-electron chi connectivity index (χ1n) is 6.72. The van der Waals surface area contributed by atoms with E-state index in [0.717, 1.165) is 7.11 Å². The van der Waals surface area contributed by atoms with Gasteiger partial charge in [0.05, 0.1) is 27.7 Å². The van der Waals surface area contributed by atoms with E-state index in [-0.39, 0.29) is 31.3 Å². The number of ether oxygens (including phenoxy) is 2. The molecule has 0 aromatic heterocycles. The molecule has 0 saturated heterocycles. The maximum atomic E-state index is 12.5. The Morgan fingerprint density at radius 2 is 1.69 bits per heavy atom. The zero-order chi connectivity index (χ0) is 19.5. The number of thiocarbonyl (C=S) groups is 1. The molecule has 0 bridgehead atoms. The van der Waals surface area contributed by atoms with Gasteiger partial charge in [0.1, 0.15) is 4.90 Å². The molecule has 0 amide bonds. The Morgan fingerprint density at radius 3 is 2.35 bits per heavy atom. The van der Waals surface area contributed by atoms with Crippen LogP contribution in [0.1, 0.15) is 10.4 Å². The minimum atomic E-state index is -4.22. The van der Waals surface area contributed by atoms with Crippen LogP contribution in [0.15, 0.2) is 41.3 Å². The van der Waals surface area contributed by atoms with Crippen molar-refractivity contribution in [3.63, 3.8) is 0 Å². The van der Waals surface area contributed by atoms with E-state index >= 15 is 0 Å². The van der Waals surface area contributed by atoms with Crippen LogP contribution in [0, 0.1) is 0 Å². The molecule has 2 aromatic rings. The highest BCUT2D eigenvalue weighted by Gasteiger charge is 2.24. The first kappa shape index (κ1) is 20.7. The Bertz CT molecular complexity index is 979. The van der Waals surface area contributed by atoms with E-state index in [9.17, 15) is 13.2 Å². The van der Waals surface area contributed by atoms with Crippen LogP contribution >= 0.6 is 47.0 Å². The standard InChI is InChI=1S/C15H10Cl3NO5S2/c1-23-14(20)8-4-2-3-5-13(8)26(21,22)19-15(25)24-12-7-10(17)9(16)6-11(12)18/h2-7H,1H3,(H,19,25). The molecule has 1 N–H and O–H groups in total. The number of halogens is 3. The Labute approximate surface area is 170 Å². The van der Waals surface area contributed by atoms with Crippen molar-refractivity contribution in [1.29, 1.82) is 0 Å². The Balaban J connectivity index is 2.27. The molecule has 2 rings (SSSR count). The van der Waals surface area contributed by atoms with E-state index in [1.54, 1.807) is 0 Å². The normalized spacial score (nSPS) is 10.9. The maximum Gasteiger partial charge on any atom is 0.339 e. The van der Waals surface area contributed by atoms with Crippen LogP contribution in [0.5, 0.6) is 5.75 Å². The van der Waals surface area contributed by atoms with Gasteiger partial charge in [0.15, 0.2) is 5.75 Å². The van der Waals surface area contributed by atoms with Crippen molar-refractivity contribution in [2.24, 2.45) is 0 Å². The fraction of sp³-hybridized carbons (Fsp3) is 0.0667. The monoisotopic (exact) mass is 453 g/mol. The van der Waals surface area contributed by atoms with Gasteiger partial charge in [0.25, 0.3) is 15.2 Å². The van der Waals surface area contributed by atoms with Crippen molar-refractivity contribution in [1.82, 2.24) is 4.72 Å². The van der Waals surface area contributed by atoms with E-state index in [2.05, 4.69) is 4.74 Å². The van der Waals surface area contributed by atoms with Gasteiger partial charge in [0.2, 0.25) is 0 Å². The number of hydrogen-bond acceptors (Lipinski definition) is 6. The fourth-order valence-corrected chi connectivity index (χ4v) is 3.91. The van der Waals surface area contributed by atoms with Crippen LogP contribution in [0.4, 0.5) is 0 Å². The lowest BCUT2D eigenvalue weighted by molar-refractivity contribution is 0.0596. The molecule has 0 radical (unpaired) electrons. The topological polar surface area (TPSA) is 81.7 Å². The van der Waals surface area contributed by atoms with Crippen LogP contribution in [-0.4, -0.2) is 26.7 Å². The lowest BCUT2D eigenvalue weighted by atomic mass is 10.2. The molecule has 0 aliphatic carbocycles. The molecule has 0 atom stereocenters. The number of hydrogen-bond donors (Lipinski definition) is 1. The Morgan fingerprint density at radius 1 is 1.08 bits per heavy atom. The fourth-order valence-electron chi connectivity index (χ4n) is 1.85. The summed E-state index contributed by atoms with van der Waals surface area (Å²) in [6.07, 6.45) is 0. The summed E-state index contributed by atoms with van der Waals surface area (Å²) in [6.45, 7) is 0. The highest BCUT2D eigenvalue weighted by molar-refractivity contribution is 7.91. The predicted molar refractivity (Wildman–Crippen MR) is 103 cm³/mol. The summed E-state index contributed by atoms with van der Waals surface area (Å²) >= 11 is 22.5. The maximum absolute atomic E-state index is 12.5. The minimum Gasteiger partial charge on any atom is -0.465 e. The number of sulfonamides is 1. The molecule has 6 nitrogen and oxygen atoms in total. The number of nitrogens with one attached hydrogen (secondary N) is 1. The second-order valence-corrected chi connectivity index (χ2v) is 7.92. The number of esters is 1. The molecule has 0 aliphatic rings. The number of rotatable bonds is 4. The van der Waals surface area contributed by atoms with E-state index in [1.807, 2.05) is 4.72 Å². The highest BCUT2D eigenvalue weighted by Crippen LogP contribution is 2.34. The second-order valence-electron chi connectivity index (χ2n) is 4.68. The summed E-state index contributed by atoms with van der Waals surface area (Å²) in [7, 11) is -3.08. The van der Waals surface area contributed by atoms with Crippen molar-refractivity contribution < 1.29 is 22.7 Å². The summed E-state index contributed by atoms with van der Waals surface area (Å²) in [5, 5.41) is -0.101. The van der Waals surface area contributed by atoms with Crippen molar-refractivity contribution in [2.75, 3.05) is 7.11 Å². The smallest absolute Gasteiger partial charge is 0.339 e. The van der Waals surface area contributed by atoms with E-state index in [4.69, 9.17) is 51.8 Å². The molecule has 26 heavy (non-hydrogen) atoms. The minimum absolute atomic E-state index is 0.00928. The van der Waals surface area contributed by atoms with Crippen molar-refractivity contribution in [3.05, 3.63) is 57.0 Å². The Hall–Kier alpha value is -1.58. The van der Waals surface area contributed by atoms with E-state index < -0.39 is 21.2 Å². The summed E-state index contributed by atoms with van der Waals surface area (Å²) in [5.41, 5.74) is -0.155. The van der Waals surface area contributed by atoms with Crippen LogP contribution in [-0.2, 0) is 14.8 Å². The zero-order valence-electron chi connectivity index (χ0n) is 13.0. The van der Waals surface area contributed by atoms with Crippen molar-refractivity contribution in [2.45, 2.75) is 4.90 Å². The quantitative estimate of drug-likeness (QED) is 0.426. The van der Waals surface area contributed by atoms with Crippen LogP contribution in [0.2, 0.25) is 15.1 Å². The molecule has 0 spiro atoms. The largest absolute Gasteiger partial charge is 0.465 e. The third kappa shape index (κ3) is 4.77. The lowest BCUT2D eigenvalue weighted by Gasteiger charge is -2.13. The first-order valence-corrected chi connectivity index (χ1v) is 9.74. The molecule has 0 heterocycles. The lowest BCUT2D eigenvalue weighted by Crippen LogP contribution is -2.33. The van der Waals surface area contributed by atoms with E-state index in [0.29, 0.717) is 0 Å². The van der Waals surface area contributed by atoms with Crippen LogP contribution < -0.4 is 9.46 Å². The predicted octanol–water partition coefficient (Wildman–Crippen LogP) is 4.08. The summed E-state index contributed by atoms with van der Waals surface area (Å²) in [5.74, 6) is -0.805. The second kappa shape index (κ2) is 8.41. The van der Waals surface area contributed by atoms with Gasteiger partial charge in [-0.3, -0.25) is 0 Å². The zero-order valence-corrected chi connectivity index (χ0v) is 16.9. The Kier molecular flexibility index (Phi) is 6.70. The van der Waals surface area contributed by atoms with Gasteiger partial charge < -0.3 is 9.47 Å². The van der Waals surface area contributed by atoms with Gasteiger partial charge in [-0.2, -0.15) is 0 Å². The van der Waals surface area contributed by atoms with Crippen molar-refractivity contribution >= 4 is 68.2 Å². The third-order valence-electron chi connectivity index (χ3n) is 2.98. The molecule has 0 aliphatic heterocycles. The number of benzene rings is 2. The molecule has 138 valence electrons. The van der Waals surface area contributed by atoms with Crippen molar-refractivity contribution in [3.8, 4) is 5.75 Å². The average Bonchev–Trinajstić information content (AvgIpc) is 2.58. The summed E-state index contributed by atoms with van der Waals surface area (Å²) in [4.78, 5) is 11.4.